The van der Waals surface area contributed by atoms with Gasteiger partial charge in [-0.25, -0.2) is 0 Å². The van der Waals surface area contributed by atoms with Crippen molar-refractivity contribution in [3.8, 4) is 0 Å². The molecule has 1 aromatic carbocycles. The quantitative estimate of drug-likeness (QED) is 0.717. The minimum absolute atomic E-state index is 0.414. The summed E-state index contributed by atoms with van der Waals surface area (Å²) in [5.41, 5.74) is 2.12. The fourth-order valence-corrected chi connectivity index (χ4v) is 3.72. The Kier molecular flexibility index (Phi) is 4.40. The molecule has 0 radical (unpaired) electrons. The predicted molar refractivity (Wildman–Crippen MR) is 102 cm³/mol. The first-order valence-corrected chi connectivity index (χ1v) is 8.90. The van der Waals surface area contributed by atoms with Crippen LogP contribution in [0.4, 0.5) is 11.5 Å². The first-order chi connectivity index (χ1) is 12.2. The zero-order valence-corrected chi connectivity index (χ0v) is 14.9. The Morgan fingerprint density at radius 3 is 2.96 bits per heavy atom. The minimum atomic E-state index is 0.414. The molecule has 1 fully saturated rings. The average Bonchev–Trinajstić information content (AvgIpc) is 2.67. The Balaban J connectivity index is 1.61. The molecule has 25 heavy (non-hydrogen) atoms. The molecule has 1 unspecified atom stereocenters. The number of nitrogens with zero attached hydrogens (tertiary/aromatic N) is 5. The van der Waals surface area contributed by atoms with Crippen LogP contribution in [0.2, 0.25) is 5.02 Å². The summed E-state index contributed by atoms with van der Waals surface area (Å²) in [5.74, 6) is 0.951. The van der Waals surface area contributed by atoms with Gasteiger partial charge in [0.25, 0.3) is 0 Å². The zero-order valence-electron chi connectivity index (χ0n) is 14.1. The van der Waals surface area contributed by atoms with E-state index in [9.17, 15) is 0 Å². The van der Waals surface area contributed by atoms with Crippen LogP contribution in [0.3, 0.4) is 0 Å². The smallest absolute Gasteiger partial charge is 0.151 e. The highest BCUT2D eigenvalue weighted by molar-refractivity contribution is 6.31. The fraction of sp³-hybridized carbons (Fsp3) is 0.316. The maximum absolute atomic E-state index is 6.11. The summed E-state index contributed by atoms with van der Waals surface area (Å²) >= 11 is 6.11. The van der Waals surface area contributed by atoms with Crippen molar-refractivity contribution in [2.45, 2.75) is 18.9 Å². The van der Waals surface area contributed by atoms with Crippen LogP contribution in [0.5, 0.6) is 0 Å². The normalized spacial score (nSPS) is 17.7. The van der Waals surface area contributed by atoms with E-state index < -0.39 is 0 Å². The van der Waals surface area contributed by atoms with Crippen LogP contribution in [0.1, 0.15) is 12.8 Å². The van der Waals surface area contributed by atoms with Crippen molar-refractivity contribution < 1.29 is 0 Å². The first kappa shape index (κ1) is 16.1. The summed E-state index contributed by atoms with van der Waals surface area (Å²) in [7, 11) is 2.16. The molecule has 5 nitrogen and oxygen atoms in total. The van der Waals surface area contributed by atoms with Crippen LogP contribution >= 0.6 is 11.6 Å². The van der Waals surface area contributed by atoms with Gasteiger partial charge in [-0.05, 0) is 49.2 Å². The van der Waals surface area contributed by atoms with Gasteiger partial charge in [-0.3, -0.25) is 4.98 Å². The van der Waals surface area contributed by atoms with Gasteiger partial charge >= 0.3 is 0 Å². The van der Waals surface area contributed by atoms with Crippen LogP contribution in [-0.2, 0) is 0 Å². The van der Waals surface area contributed by atoms with Crippen LogP contribution < -0.4 is 9.80 Å². The second-order valence-corrected chi connectivity index (χ2v) is 6.86. The highest BCUT2D eigenvalue weighted by Crippen LogP contribution is 2.30. The predicted octanol–water partition coefficient (Wildman–Crippen LogP) is 3.78. The molecule has 3 aromatic rings. The minimum Gasteiger partial charge on any atom is -0.369 e. The molecular formula is C19H20ClN5. The SMILES string of the molecule is CN(c1ccnc2cc(Cl)ccc12)C1CCCN(c2cccnn2)C1. The molecule has 3 heterocycles. The lowest BCUT2D eigenvalue weighted by molar-refractivity contribution is 0.485. The third kappa shape index (κ3) is 3.24. The molecule has 0 N–H and O–H groups in total. The molecule has 6 heteroatoms. The van der Waals surface area contributed by atoms with E-state index in [2.05, 4.69) is 44.2 Å². The van der Waals surface area contributed by atoms with E-state index in [1.807, 2.05) is 30.5 Å². The summed E-state index contributed by atoms with van der Waals surface area (Å²) < 4.78 is 0. The summed E-state index contributed by atoms with van der Waals surface area (Å²) in [6.45, 7) is 1.96. The number of hydrogen-bond donors (Lipinski definition) is 0. The maximum Gasteiger partial charge on any atom is 0.151 e. The lowest BCUT2D eigenvalue weighted by atomic mass is 10.0. The van der Waals surface area contributed by atoms with E-state index in [4.69, 9.17) is 11.6 Å². The van der Waals surface area contributed by atoms with Gasteiger partial charge in [-0.1, -0.05) is 11.6 Å². The molecule has 2 aromatic heterocycles. The summed E-state index contributed by atoms with van der Waals surface area (Å²) in [4.78, 5) is 9.13. The van der Waals surface area contributed by atoms with Crippen LogP contribution in [0.15, 0.2) is 48.8 Å². The third-order valence-corrected chi connectivity index (χ3v) is 5.12. The summed E-state index contributed by atoms with van der Waals surface area (Å²) in [6, 6.07) is 12.4. The molecule has 0 aliphatic carbocycles. The molecule has 0 amide bonds. The number of anilines is 2. The van der Waals surface area contributed by atoms with Crippen molar-refractivity contribution in [3.05, 3.63) is 53.8 Å². The monoisotopic (exact) mass is 353 g/mol. The van der Waals surface area contributed by atoms with E-state index in [1.165, 1.54) is 5.69 Å². The molecule has 0 saturated carbocycles. The number of rotatable bonds is 3. The molecule has 1 atom stereocenters. The van der Waals surface area contributed by atoms with Crippen molar-refractivity contribution in [3.63, 3.8) is 0 Å². The van der Waals surface area contributed by atoms with E-state index in [0.29, 0.717) is 11.1 Å². The van der Waals surface area contributed by atoms with Crippen molar-refractivity contribution in [1.82, 2.24) is 15.2 Å². The molecule has 1 aliphatic heterocycles. The van der Waals surface area contributed by atoms with E-state index >= 15 is 0 Å². The first-order valence-electron chi connectivity index (χ1n) is 8.52. The molecule has 4 rings (SSSR count). The van der Waals surface area contributed by atoms with Crippen molar-refractivity contribution >= 4 is 34.0 Å². The largest absolute Gasteiger partial charge is 0.369 e. The van der Waals surface area contributed by atoms with Crippen LogP contribution in [-0.4, -0.2) is 41.4 Å². The Bertz CT molecular complexity index is 870. The number of pyridine rings is 1. The highest BCUT2D eigenvalue weighted by Gasteiger charge is 2.25. The lowest BCUT2D eigenvalue weighted by Gasteiger charge is -2.39. The number of fused-ring (bicyclic) bond motifs is 1. The van der Waals surface area contributed by atoms with Crippen molar-refractivity contribution in [2.75, 3.05) is 29.9 Å². The van der Waals surface area contributed by atoms with Gasteiger partial charge < -0.3 is 9.80 Å². The van der Waals surface area contributed by atoms with Crippen molar-refractivity contribution in [1.29, 1.82) is 0 Å². The molecule has 1 aliphatic rings. The number of aromatic nitrogens is 3. The van der Waals surface area contributed by atoms with Crippen LogP contribution in [0, 0.1) is 0 Å². The van der Waals surface area contributed by atoms with E-state index in [-0.39, 0.29) is 0 Å². The van der Waals surface area contributed by atoms with Gasteiger partial charge in [0.1, 0.15) is 0 Å². The fourth-order valence-electron chi connectivity index (χ4n) is 3.55. The van der Waals surface area contributed by atoms with Crippen LogP contribution in [0.25, 0.3) is 10.9 Å². The average molecular weight is 354 g/mol. The topological polar surface area (TPSA) is 45.2 Å². The Labute approximate surface area is 152 Å². The second kappa shape index (κ2) is 6.84. The second-order valence-electron chi connectivity index (χ2n) is 6.43. The van der Waals surface area contributed by atoms with Crippen molar-refractivity contribution in [2.24, 2.45) is 0 Å². The van der Waals surface area contributed by atoms with Gasteiger partial charge in [-0.15, -0.1) is 5.10 Å². The molecule has 128 valence electrons. The van der Waals surface area contributed by atoms with Gasteiger partial charge in [0, 0.05) is 54.7 Å². The zero-order chi connectivity index (χ0) is 17.2. The van der Waals surface area contributed by atoms with E-state index in [1.54, 1.807) is 6.20 Å². The number of halogens is 1. The molecular weight excluding hydrogens is 334 g/mol. The summed E-state index contributed by atoms with van der Waals surface area (Å²) in [6.07, 6.45) is 5.87. The standard InChI is InChI=1S/C19H20ClN5/c1-24(18-8-10-21-17-12-14(20)6-7-16(17)18)15-4-3-11-25(13-15)19-5-2-9-22-23-19/h2,5-10,12,15H,3-4,11,13H2,1H3. The van der Waals surface area contributed by atoms with Gasteiger partial charge in [0.15, 0.2) is 5.82 Å². The Morgan fingerprint density at radius 1 is 1.20 bits per heavy atom. The number of likely N-dealkylation sites (N-methyl/N-ethyl adjacent to an activating group) is 1. The molecule has 1 saturated heterocycles. The highest BCUT2D eigenvalue weighted by atomic mass is 35.5. The molecule has 0 bridgehead atoms. The van der Waals surface area contributed by atoms with Gasteiger partial charge in [0.05, 0.1) is 5.52 Å². The lowest BCUT2D eigenvalue weighted by Crippen LogP contribution is -2.47. The summed E-state index contributed by atoms with van der Waals surface area (Å²) in [5, 5.41) is 10.1. The Morgan fingerprint density at radius 2 is 2.12 bits per heavy atom. The maximum atomic E-state index is 6.11. The number of piperidine rings is 1. The van der Waals surface area contributed by atoms with Gasteiger partial charge in [0.2, 0.25) is 0 Å². The number of benzene rings is 1. The molecule has 0 spiro atoms. The number of hydrogen-bond acceptors (Lipinski definition) is 5. The van der Waals surface area contributed by atoms with E-state index in [0.717, 1.165) is 42.7 Å². The van der Waals surface area contributed by atoms with Gasteiger partial charge in [-0.2, -0.15) is 5.10 Å². The Hall–Kier alpha value is -2.40. The third-order valence-electron chi connectivity index (χ3n) is 4.89.